The third-order valence-corrected chi connectivity index (χ3v) is 6.61. The molecular weight excluding hydrogens is 418 g/mol. The fourth-order valence-corrected chi connectivity index (χ4v) is 4.83. The van der Waals surface area contributed by atoms with Crippen molar-refractivity contribution < 1.29 is 14.3 Å². The second-order valence-corrected chi connectivity index (χ2v) is 8.73. The number of nitrogens with zero attached hydrogens (tertiary/aromatic N) is 3. The summed E-state index contributed by atoms with van der Waals surface area (Å²) >= 11 is 0. The minimum Gasteiger partial charge on any atom is -0.478 e. The topological polar surface area (TPSA) is 64.0 Å². The van der Waals surface area contributed by atoms with E-state index < -0.39 is 0 Å². The fraction of sp³-hybridized carbons (Fsp3) is 0.739. The molecule has 3 rings (SSSR count). The van der Waals surface area contributed by atoms with Crippen molar-refractivity contribution in [3.8, 4) is 5.75 Å². The van der Waals surface area contributed by atoms with Gasteiger partial charge in [-0.25, -0.2) is 0 Å². The van der Waals surface area contributed by atoms with Crippen molar-refractivity contribution in [2.45, 2.75) is 51.5 Å². The Balaban J connectivity index is 0.00000341. The van der Waals surface area contributed by atoms with Gasteiger partial charge in [0.1, 0.15) is 0 Å². The Morgan fingerprint density at radius 2 is 2.00 bits per heavy atom. The van der Waals surface area contributed by atoms with Gasteiger partial charge in [-0.05, 0) is 58.0 Å². The van der Waals surface area contributed by atoms with Gasteiger partial charge in [0.15, 0.2) is 12.4 Å². The molecule has 3 heterocycles. The second kappa shape index (κ2) is 12.5. The van der Waals surface area contributed by atoms with Crippen molar-refractivity contribution in [1.82, 2.24) is 14.4 Å². The van der Waals surface area contributed by atoms with Crippen LogP contribution in [0, 0.1) is 12.8 Å². The summed E-state index contributed by atoms with van der Waals surface area (Å²) in [4.78, 5) is 29.8. The number of piperidine rings is 2. The molecule has 2 aliphatic heterocycles. The molecule has 0 aromatic carbocycles. The molecule has 0 bridgehead atoms. The molecule has 0 spiro atoms. The Morgan fingerprint density at radius 3 is 2.77 bits per heavy atom. The Morgan fingerprint density at radius 1 is 1.23 bits per heavy atom. The number of amides is 1. The predicted octanol–water partition coefficient (Wildman–Crippen LogP) is 2.62. The van der Waals surface area contributed by atoms with Gasteiger partial charge in [-0.15, -0.1) is 12.4 Å². The van der Waals surface area contributed by atoms with Crippen molar-refractivity contribution in [2.24, 2.45) is 13.0 Å². The third kappa shape index (κ3) is 6.96. The van der Waals surface area contributed by atoms with Gasteiger partial charge in [0.2, 0.25) is 5.43 Å². The predicted molar refractivity (Wildman–Crippen MR) is 124 cm³/mol. The third-order valence-electron chi connectivity index (χ3n) is 6.61. The summed E-state index contributed by atoms with van der Waals surface area (Å²) in [7, 11) is 3.54. The molecule has 2 atom stereocenters. The zero-order chi connectivity index (χ0) is 21.5. The average Bonchev–Trinajstić information content (AvgIpc) is 2.74. The molecule has 0 aliphatic carbocycles. The highest BCUT2D eigenvalue weighted by atomic mass is 35.5. The van der Waals surface area contributed by atoms with E-state index in [4.69, 9.17) is 9.47 Å². The Bertz CT molecular complexity index is 768. The van der Waals surface area contributed by atoms with Crippen LogP contribution in [0.2, 0.25) is 0 Å². The van der Waals surface area contributed by atoms with Gasteiger partial charge in [-0.1, -0.05) is 6.42 Å². The van der Waals surface area contributed by atoms with E-state index in [0.717, 1.165) is 18.7 Å². The van der Waals surface area contributed by atoms with E-state index in [1.165, 1.54) is 51.3 Å². The molecule has 176 valence electrons. The summed E-state index contributed by atoms with van der Waals surface area (Å²) in [5.74, 6) is 0.684. The number of methoxy groups -OCH3 is 1. The molecule has 2 saturated heterocycles. The number of ether oxygens (including phenoxy) is 2. The first kappa shape index (κ1) is 25.7. The summed E-state index contributed by atoms with van der Waals surface area (Å²) in [6.45, 7) is 6.20. The number of hydrogen-bond donors (Lipinski definition) is 0. The Kier molecular flexibility index (Phi) is 10.3. The Hall–Kier alpha value is -1.57. The van der Waals surface area contributed by atoms with Crippen molar-refractivity contribution in [2.75, 3.05) is 46.5 Å². The number of rotatable bonds is 9. The highest BCUT2D eigenvalue weighted by Crippen LogP contribution is 2.31. The van der Waals surface area contributed by atoms with Crippen LogP contribution in [-0.4, -0.2) is 72.8 Å². The molecule has 0 saturated carbocycles. The first-order valence-corrected chi connectivity index (χ1v) is 11.3. The standard InChI is InChI=1S/C23H37N3O4.ClH/c1-18-14-21(27)22(16-24(18)2)30-17-23(28)26(12-7-13-29-3)15-19-8-6-11-25-10-5-4-9-20(19)25;/h14,16,19-20H,4-13,15,17H2,1-3H3;1H/t19-,20+;/m0./s1. The van der Waals surface area contributed by atoms with E-state index in [1.54, 1.807) is 13.3 Å². The van der Waals surface area contributed by atoms with Gasteiger partial charge in [0, 0.05) is 57.9 Å². The second-order valence-electron chi connectivity index (χ2n) is 8.73. The van der Waals surface area contributed by atoms with Gasteiger partial charge < -0.3 is 23.8 Å². The fourth-order valence-electron chi connectivity index (χ4n) is 4.83. The number of fused-ring (bicyclic) bond motifs is 1. The van der Waals surface area contributed by atoms with E-state index in [1.807, 2.05) is 23.4 Å². The molecule has 8 heteroatoms. The van der Waals surface area contributed by atoms with Crippen LogP contribution in [0.5, 0.6) is 5.75 Å². The van der Waals surface area contributed by atoms with Gasteiger partial charge in [-0.3, -0.25) is 9.59 Å². The number of carbonyl (C=O) groups is 1. The number of hydrogen-bond acceptors (Lipinski definition) is 5. The van der Waals surface area contributed by atoms with E-state index in [0.29, 0.717) is 25.1 Å². The van der Waals surface area contributed by atoms with Crippen molar-refractivity contribution in [3.63, 3.8) is 0 Å². The zero-order valence-electron chi connectivity index (χ0n) is 19.2. The maximum atomic E-state index is 13.0. The lowest BCUT2D eigenvalue weighted by molar-refractivity contribution is -0.135. The normalized spacial score (nSPS) is 21.1. The SMILES string of the molecule is COCCCN(C[C@@H]1CCCN2CCCC[C@H]12)C(=O)COc1cn(C)c(C)cc1=O.Cl. The van der Waals surface area contributed by atoms with Crippen LogP contribution in [0.25, 0.3) is 0 Å². The number of carbonyl (C=O) groups excluding carboxylic acids is 1. The lowest BCUT2D eigenvalue weighted by Gasteiger charge is -2.45. The van der Waals surface area contributed by atoms with Crippen LogP contribution in [-0.2, 0) is 16.6 Å². The molecule has 31 heavy (non-hydrogen) atoms. The first-order valence-electron chi connectivity index (χ1n) is 11.3. The van der Waals surface area contributed by atoms with Crippen LogP contribution >= 0.6 is 12.4 Å². The molecule has 7 nitrogen and oxygen atoms in total. The van der Waals surface area contributed by atoms with Crippen molar-refractivity contribution >= 4 is 18.3 Å². The lowest BCUT2D eigenvalue weighted by atomic mass is 9.83. The maximum absolute atomic E-state index is 13.0. The van der Waals surface area contributed by atoms with Gasteiger partial charge >= 0.3 is 0 Å². The number of aromatic nitrogens is 1. The molecule has 1 amide bonds. The molecule has 1 aromatic rings. The average molecular weight is 456 g/mol. The first-order chi connectivity index (χ1) is 14.5. The number of halogens is 1. The molecule has 1 aromatic heterocycles. The van der Waals surface area contributed by atoms with Crippen LogP contribution in [0.4, 0.5) is 0 Å². The summed E-state index contributed by atoms with van der Waals surface area (Å²) < 4.78 is 12.7. The quantitative estimate of drug-likeness (QED) is 0.535. The molecule has 2 aliphatic rings. The minimum absolute atomic E-state index is 0. The Labute approximate surface area is 192 Å². The monoisotopic (exact) mass is 455 g/mol. The van der Waals surface area contributed by atoms with E-state index >= 15 is 0 Å². The van der Waals surface area contributed by atoms with Gasteiger partial charge in [0.05, 0.1) is 0 Å². The van der Waals surface area contributed by atoms with Crippen molar-refractivity contribution in [1.29, 1.82) is 0 Å². The smallest absolute Gasteiger partial charge is 0.260 e. The molecule has 0 radical (unpaired) electrons. The van der Waals surface area contributed by atoms with Gasteiger partial charge in [-0.2, -0.15) is 0 Å². The maximum Gasteiger partial charge on any atom is 0.260 e. The molecular formula is C23H38ClN3O4. The molecule has 0 unspecified atom stereocenters. The largest absolute Gasteiger partial charge is 0.478 e. The van der Waals surface area contributed by atoms with Crippen LogP contribution < -0.4 is 10.2 Å². The van der Waals surface area contributed by atoms with Crippen LogP contribution in [0.15, 0.2) is 17.1 Å². The number of aryl methyl sites for hydroxylation is 2. The molecule has 2 fully saturated rings. The van der Waals surface area contributed by atoms with E-state index in [9.17, 15) is 9.59 Å². The van der Waals surface area contributed by atoms with Crippen molar-refractivity contribution in [3.05, 3.63) is 28.2 Å². The summed E-state index contributed by atoms with van der Waals surface area (Å²) in [6, 6.07) is 2.13. The minimum atomic E-state index is -0.186. The highest BCUT2D eigenvalue weighted by Gasteiger charge is 2.34. The van der Waals surface area contributed by atoms with Gasteiger partial charge in [0.25, 0.3) is 5.91 Å². The van der Waals surface area contributed by atoms with Crippen LogP contribution in [0.1, 0.15) is 44.2 Å². The lowest BCUT2D eigenvalue weighted by Crippen LogP contribution is -2.52. The highest BCUT2D eigenvalue weighted by molar-refractivity contribution is 5.85. The van der Waals surface area contributed by atoms with E-state index in [2.05, 4.69) is 4.90 Å². The number of pyridine rings is 1. The van der Waals surface area contributed by atoms with E-state index in [-0.39, 0.29) is 36.1 Å². The summed E-state index contributed by atoms with van der Waals surface area (Å²) in [5.41, 5.74) is 0.670. The van der Waals surface area contributed by atoms with Crippen LogP contribution in [0.3, 0.4) is 0 Å². The summed E-state index contributed by atoms with van der Waals surface area (Å²) in [5, 5.41) is 0. The zero-order valence-corrected chi connectivity index (χ0v) is 20.0. The molecule has 0 N–H and O–H groups in total. The summed E-state index contributed by atoms with van der Waals surface area (Å²) in [6.07, 6.45) is 8.65.